The van der Waals surface area contributed by atoms with Crippen molar-refractivity contribution in [2.24, 2.45) is 5.92 Å². The molecule has 11 heteroatoms. The molecule has 0 unspecified atom stereocenters. The molecule has 0 aromatic heterocycles. The summed E-state index contributed by atoms with van der Waals surface area (Å²) in [7, 11) is 1.48. The van der Waals surface area contributed by atoms with Crippen LogP contribution in [-0.4, -0.2) is 66.9 Å². The summed E-state index contributed by atoms with van der Waals surface area (Å²) in [6, 6.07) is 16.2. The van der Waals surface area contributed by atoms with Gasteiger partial charge < -0.3 is 35.3 Å². The van der Waals surface area contributed by atoms with Crippen LogP contribution in [0.1, 0.15) is 62.2 Å². The van der Waals surface area contributed by atoms with Crippen LogP contribution in [0.3, 0.4) is 0 Å². The van der Waals surface area contributed by atoms with Gasteiger partial charge in [-0.1, -0.05) is 85.7 Å². The third-order valence-corrected chi connectivity index (χ3v) is 8.23. The second kappa shape index (κ2) is 16.7. The molecule has 1 saturated carbocycles. The minimum atomic E-state index is -1.08. The zero-order valence-electron chi connectivity index (χ0n) is 25.6. The van der Waals surface area contributed by atoms with Crippen LogP contribution < -0.4 is 16.0 Å². The van der Waals surface area contributed by atoms with Crippen molar-refractivity contribution in [2.45, 2.75) is 75.3 Å². The molecule has 0 spiro atoms. The molecular weight excluding hydrogens is 578 g/mol. The highest BCUT2D eigenvalue weighted by atomic mass is 16.6. The van der Waals surface area contributed by atoms with Crippen molar-refractivity contribution in [3.63, 3.8) is 0 Å². The summed E-state index contributed by atoms with van der Waals surface area (Å²) in [5.74, 6) is -2.16. The molecule has 3 amide bonds. The summed E-state index contributed by atoms with van der Waals surface area (Å²) in [5, 5.41) is 18.5. The van der Waals surface area contributed by atoms with E-state index >= 15 is 0 Å². The number of carbonyl (C=O) groups excluding carboxylic acids is 4. The Hall–Kier alpha value is -4.22. The predicted octanol–water partition coefficient (Wildman–Crippen LogP) is 3.47. The number of cyclic esters (lactones) is 1. The number of benzene rings is 2. The van der Waals surface area contributed by atoms with Gasteiger partial charge in [0.15, 0.2) is 0 Å². The van der Waals surface area contributed by atoms with Crippen molar-refractivity contribution in [2.75, 3.05) is 20.3 Å². The van der Waals surface area contributed by atoms with Crippen LogP contribution in [0.2, 0.25) is 0 Å². The number of aliphatic hydroxyl groups excluding tert-OH is 1. The first kappa shape index (κ1) is 33.7. The first-order valence-electron chi connectivity index (χ1n) is 15.4. The fourth-order valence-corrected chi connectivity index (χ4v) is 5.76. The van der Waals surface area contributed by atoms with Crippen molar-refractivity contribution >= 4 is 23.9 Å². The molecule has 4 N–H and O–H groups in total. The Morgan fingerprint density at radius 1 is 1.00 bits per heavy atom. The minimum absolute atomic E-state index is 0.0121. The molecule has 2 aromatic carbocycles. The second-order valence-corrected chi connectivity index (χ2v) is 11.6. The van der Waals surface area contributed by atoms with Crippen LogP contribution in [0, 0.1) is 5.92 Å². The highest BCUT2D eigenvalue weighted by Gasteiger charge is 2.37. The Morgan fingerprint density at radius 2 is 1.67 bits per heavy atom. The molecule has 0 saturated heterocycles. The first-order valence-corrected chi connectivity index (χ1v) is 15.4. The Bertz CT molecular complexity index is 1300. The number of esters is 1. The maximum Gasteiger partial charge on any atom is 0.408 e. The van der Waals surface area contributed by atoms with E-state index in [1.807, 2.05) is 36.4 Å². The molecular formula is C34H43N3O8. The number of amides is 3. The Kier molecular flexibility index (Phi) is 12.5. The van der Waals surface area contributed by atoms with Crippen LogP contribution >= 0.6 is 0 Å². The number of rotatable bonds is 10. The van der Waals surface area contributed by atoms with E-state index in [2.05, 4.69) is 16.0 Å². The van der Waals surface area contributed by atoms with Gasteiger partial charge in [0, 0.05) is 13.5 Å². The van der Waals surface area contributed by atoms with Gasteiger partial charge in [0.1, 0.15) is 18.8 Å². The van der Waals surface area contributed by atoms with Crippen LogP contribution in [0.15, 0.2) is 72.8 Å². The van der Waals surface area contributed by atoms with Gasteiger partial charge >= 0.3 is 12.1 Å². The lowest BCUT2D eigenvalue weighted by Crippen LogP contribution is -2.51. The lowest BCUT2D eigenvalue weighted by Gasteiger charge is -2.31. The minimum Gasteiger partial charge on any atom is -0.454 e. The lowest BCUT2D eigenvalue weighted by molar-refractivity contribution is -0.155. The number of hydrogen-bond acceptors (Lipinski definition) is 8. The molecule has 1 aliphatic heterocycles. The van der Waals surface area contributed by atoms with Gasteiger partial charge in [-0.25, -0.2) is 9.59 Å². The average Bonchev–Trinajstić information content (AvgIpc) is 3.52. The Balaban J connectivity index is 1.56. The summed E-state index contributed by atoms with van der Waals surface area (Å²) in [4.78, 5) is 53.1. The van der Waals surface area contributed by atoms with Gasteiger partial charge in [-0.3, -0.25) is 9.59 Å². The maximum absolute atomic E-state index is 13.7. The largest absolute Gasteiger partial charge is 0.454 e. The third-order valence-electron chi connectivity index (χ3n) is 8.23. The zero-order valence-corrected chi connectivity index (χ0v) is 25.6. The van der Waals surface area contributed by atoms with E-state index in [9.17, 15) is 24.3 Å². The molecule has 242 valence electrons. The van der Waals surface area contributed by atoms with E-state index in [1.165, 1.54) is 7.11 Å². The summed E-state index contributed by atoms with van der Waals surface area (Å²) in [5.41, 5.74) is 0.754. The number of aliphatic hydroxyl groups is 1. The molecule has 2 aromatic rings. The monoisotopic (exact) mass is 621 g/mol. The zero-order chi connectivity index (χ0) is 32.1. The maximum atomic E-state index is 13.7. The molecule has 4 atom stereocenters. The average molecular weight is 622 g/mol. The fourth-order valence-electron chi connectivity index (χ4n) is 5.76. The highest BCUT2D eigenvalue weighted by molar-refractivity contribution is 5.87. The Labute approximate surface area is 263 Å². The van der Waals surface area contributed by atoms with Gasteiger partial charge in [0.05, 0.1) is 30.7 Å². The predicted molar refractivity (Wildman–Crippen MR) is 166 cm³/mol. The molecule has 1 fully saturated rings. The number of ether oxygens (including phenoxy) is 3. The quantitative estimate of drug-likeness (QED) is 0.233. The van der Waals surface area contributed by atoms with E-state index in [0.717, 1.165) is 18.4 Å². The summed E-state index contributed by atoms with van der Waals surface area (Å²) in [6.07, 6.45) is 5.06. The number of nitrogens with one attached hydrogen (secondary N) is 3. The fraction of sp³-hybridized carbons (Fsp3) is 0.471. The number of alkyl carbamates (subject to hydrolysis) is 1. The summed E-state index contributed by atoms with van der Waals surface area (Å²) in [6.45, 7) is -0.115. The summed E-state index contributed by atoms with van der Waals surface area (Å²) >= 11 is 0. The topological polar surface area (TPSA) is 152 Å². The van der Waals surface area contributed by atoms with E-state index in [1.54, 1.807) is 36.4 Å². The highest BCUT2D eigenvalue weighted by Crippen LogP contribution is 2.30. The van der Waals surface area contributed by atoms with Crippen molar-refractivity contribution in [3.8, 4) is 0 Å². The van der Waals surface area contributed by atoms with E-state index < -0.39 is 47.6 Å². The lowest BCUT2D eigenvalue weighted by atomic mass is 9.94. The first-order chi connectivity index (χ1) is 21.8. The van der Waals surface area contributed by atoms with Crippen molar-refractivity contribution in [3.05, 3.63) is 83.9 Å². The van der Waals surface area contributed by atoms with E-state index in [-0.39, 0.29) is 45.0 Å². The third kappa shape index (κ3) is 9.89. The Morgan fingerprint density at radius 3 is 2.33 bits per heavy atom. The van der Waals surface area contributed by atoms with Gasteiger partial charge in [-0.2, -0.15) is 0 Å². The molecule has 1 aliphatic carbocycles. The van der Waals surface area contributed by atoms with Crippen LogP contribution in [0.4, 0.5) is 4.79 Å². The normalized spacial score (nSPS) is 23.5. The molecule has 4 rings (SSSR count). The van der Waals surface area contributed by atoms with E-state index in [4.69, 9.17) is 14.2 Å². The molecule has 1 heterocycles. The van der Waals surface area contributed by atoms with Gasteiger partial charge in [0.25, 0.3) is 0 Å². The SMILES string of the molecule is COC[C@@H]1NC(=O)[C@@H](CC(=O)NC2(CO)CCCC2)CC=CC[C@@H](NC(=O)OCc2ccccc2)C(=O)O[C@H]1c1ccccc1. The van der Waals surface area contributed by atoms with Gasteiger partial charge in [-0.15, -0.1) is 0 Å². The van der Waals surface area contributed by atoms with Crippen molar-refractivity contribution in [1.82, 2.24) is 16.0 Å². The number of methoxy groups -OCH3 is 1. The molecule has 2 aliphatic rings. The number of allylic oxidation sites excluding steroid dienone is 1. The molecule has 0 radical (unpaired) electrons. The molecule has 11 nitrogen and oxygen atoms in total. The van der Waals surface area contributed by atoms with Crippen LogP contribution in [0.25, 0.3) is 0 Å². The standard InChI is InChI=1S/C34H43N3O8/c1-43-22-28-30(25-14-6-3-7-15-25)45-32(41)27(36-33(42)44-21-24-12-4-2-5-13-24)17-9-8-16-26(31(40)35-28)20-29(39)37-34(23-38)18-10-11-19-34/h2-9,12-15,26-28,30,38H,10-11,16-23H2,1H3,(H,35,40)(H,36,42)(H,37,39)/t26-,27-,28+,30+/m1/s1. The van der Waals surface area contributed by atoms with Gasteiger partial charge in [0.2, 0.25) is 11.8 Å². The van der Waals surface area contributed by atoms with Gasteiger partial charge in [-0.05, 0) is 36.8 Å². The molecule has 0 bridgehead atoms. The number of carbonyl (C=O) groups is 4. The summed E-state index contributed by atoms with van der Waals surface area (Å²) < 4.78 is 16.8. The van der Waals surface area contributed by atoms with Crippen LogP contribution in [0.5, 0.6) is 0 Å². The molecule has 45 heavy (non-hydrogen) atoms. The number of hydrogen-bond donors (Lipinski definition) is 4. The van der Waals surface area contributed by atoms with E-state index in [0.29, 0.717) is 18.4 Å². The second-order valence-electron chi connectivity index (χ2n) is 11.6. The van der Waals surface area contributed by atoms with Crippen molar-refractivity contribution < 1.29 is 38.5 Å². The smallest absolute Gasteiger partial charge is 0.408 e. The van der Waals surface area contributed by atoms with Crippen LogP contribution in [-0.2, 0) is 35.2 Å². The van der Waals surface area contributed by atoms with Crippen molar-refractivity contribution in [1.29, 1.82) is 0 Å².